The summed E-state index contributed by atoms with van der Waals surface area (Å²) in [6.07, 6.45) is 0. The number of carbonyl (C=O) groups excluding carboxylic acids is 1. The SMILES string of the molecule is CC(NC(=O)NCc1cccc(N(C)C)n1)c1cccc(C#N)c1. The van der Waals surface area contributed by atoms with Crippen molar-refractivity contribution in [3.8, 4) is 6.07 Å². The predicted molar refractivity (Wildman–Crippen MR) is 93.5 cm³/mol. The number of aromatic nitrogens is 1. The van der Waals surface area contributed by atoms with E-state index in [1.165, 1.54) is 0 Å². The van der Waals surface area contributed by atoms with Crippen LogP contribution in [0.3, 0.4) is 0 Å². The number of amides is 2. The second-order valence-electron chi connectivity index (χ2n) is 5.67. The molecule has 1 unspecified atom stereocenters. The van der Waals surface area contributed by atoms with Gasteiger partial charge in [0.2, 0.25) is 0 Å². The molecule has 0 radical (unpaired) electrons. The molecular weight excluding hydrogens is 302 g/mol. The number of hydrogen-bond acceptors (Lipinski definition) is 4. The van der Waals surface area contributed by atoms with E-state index in [9.17, 15) is 4.79 Å². The number of urea groups is 1. The Bertz CT molecular complexity index is 751. The third-order valence-corrected chi connectivity index (χ3v) is 3.54. The quantitative estimate of drug-likeness (QED) is 0.886. The fourth-order valence-corrected chi connectivity index (χ4v) is 2.19. The molecule has 0 fully saturated rings. The van der Waals surface area contributed by atoms with Gasteiger partial charge in [0, 0.05) is 14.1 Å². The van der Waals surface area contributed by atoms with Crippen LogP contribution in [0.5, 0.6) is 0 Å². The normalized spacial score (nSPS) is 11.2. The Hall–Kier alpha value is -3.07. The summed E-state index contributed by atoms with van der Waals surface area (Å²) < 4.78 is 0. The molecule has 2 rings (SSSR count). The van der Waals surface area contributed by atoms with Gasteiger partial charge >= 0.3 is 6.03 Å². The zero-order valence-corrected chi connectivity index (χ0v) is 14.1. The Morgan fingerprint density at radius 1 is 1.29 bits per heavy atom. The highest BCUT2D eigenvalue weighted by Gasteiger charge is 2.10. The smallest absolute Gasteiger partial charge is 0.315 e. The minimum absolute atomic E-state index is 0.195. The zero-order chi connectivity index (χ0) is 17.5. The summed E-state index contributed by atoms with van der Waals surface area (Å²) >= 11 is 0. The topological polar surface area (TPSA) is 81.1 Å². The van der Waals surface area contributed by atoms with Crippen molar-refractivity contribution in [3.05, 3.63) is 59.3 Å². The van der Waals surface area contributed by atoms with E-state index < -0.39 is 0 Å². The Labute approximate surface area is 142 Å². The highest BCUT2D eigenvalue weighted by atomic mass is 16.2. The van der Waals surface area contributed by atoms with Gasteiger partial charge in [0.15, 0.2) is 0 Å². The highest BCUT2D eigenvalue weighted by molar-refractivity contribution is 5.74. The van der Waals surface area contributed by atoms with Crippen LogP contribution >= 0.6 is 0 Å². The third kappa shape index (κ3) is 4.71. The molecule has 24 heavy (non-hydrogen) atoms. The molecule has 1 aromatic carbocycles. The van der Waals surface area contributed by atoms with Crippen LogP contribution in [0.1, 0.15) is 29.8 Å². The van der Waals surface area contributed by atoms with Crippen LogP contribution in [0, 0.1) is 11.3 Å². The molecule has 0 aliphatic heterocycles. The standard InChI is InChI=1S/C18H21N5O/c1-13(15-7-4-6-14(10-15)11-19)21-18(24)20-12-16-8-5-9-17(22-16)23(2)3/h4-10,13H,12H2,1-3H3,(H2,20,21,24). The molecule has 0 spiro atoms. The van der Waals surface area contributed by atoms with Crippen LogP contribution < -0.4 is 15.5 Å². The summed E-state index contributed by atoms with van der Waals surface area (Å²) in [7, 11) is 3.84. The van der Waals surface area contributed by atoms with Crippen molar-refractivity contribution in [2.75, 3.05) is 19.0 Å². The number of rotatable bonds is 5. The van der Waals surface area contributed by atoms with E-state index in [1.807, 2.05) is 50.2 Å². The van der Waals surface area contributed by atoms with Gasteiger partial charge in [-0.05, 0) is 36.8 Å². The first-order valence-electron chi connectivity index (χ1n) is 7.67. The van der Waals surface area contributed by atoms with Crippen LogP contribution in [0.15, 0.2) is 42.5 Å². The molecule has 1 aromatic heterocycles. The molecule has 0 saturated heterocycles. The number of benzene rings is 1. The molecule has 6 nitrogen and oxygen atoms in total. The van der Waals surface area contributed by atoms with E-state index in [-0.39, 0.29) is 12.1 Å². The lowest BCUT2D eigenvalue weighted by Gasteiger charge is -2.16. The Kier molecular flexibility index (Phi) is 5.74. The predicted octanol–water partition coefficient (Wildman–Crippen LogP) is 2.58. The number of hydrogen-bond donors (Lipinski definition) is 2. The lowest BCUT2D eigenvalue weighted by atomic mass is 10.1. The summed E-state index contributed by atoms with van der Waals surface area (Å²) in [6.45, 7) is 2.22. The molecule has 2 amide bonds. The molecule has 1 heterocycles. The maximum atomic E-state index is 12.0. The van der Waals surface area contributed by atoms with Gasteiger partial charge in [-0.1, -0.05) is 18.2 Å². The Balaban J connectivity index is 1.91. The first-order valence-corrected chi connectivity index (χ1v) is 7.67. The van der Waals surface area contributed by atoms with Gasteiger partial charge in [0.25, 0.3) is 0 Å². The van der Waals surface area contributed by atoms with Crippen molar-refractivity contribution in [3.63, 3.8) is 0 Å². The average Bonchev–Trinajstić information content (AvgIpc) is 2.60. The van der Waals surface area contributed by atoms with Crippen molar-refractivity contribution in [2.24, 2.45) is 0 Å². The van der Waals surface area contributed by atoms with Crippen molar-refractivity contribution >= 4 is 11.8 Å². The monoisotopic (exact) mass is 323 g/mol. The van der Waals surface area contributed by atoms with Gasteiger partial charge in [-0.15, -0.1) is 0 Å². The number of nitrogens with zero attached hydrogens (tertiary/aromatic N) is 3. The van der Waals surface area contributed by atoms with E-state index in [0.29, 0.717) is 12.1 Å². The first kappa shape index (κ1) is 17.3. The van der Waals surface area contributed by atoms with E-state index in [1.54, 1.807) is 18.2 Å². The van der Waals surface area contributed by atoms with Gasteiger partial charge in [0.05, 0.1) is 29.9 Å². The Morgan fingerprint density at radius 2 is 2.04 bits per heavy atom. The lowest BCUT2D eigenvalue weighted by Crippen LogP contribution is -2.36. The minimum atomic E-state index is -0.276. The van der Waals surface area contributed by atoms with E-state index in [0.717, 1.165) is 17.1 Å². The molecule has 0 bridgehead atoms. The minimum Gasteiger partial charge on any atom is -0.363 e. The Morgan fingerprint density at radius 3 is 2.75 bits per heavy atom. The summed E-state index contributed by atoms with van der Waals surface area (Å²) in [5, 5.41) is 14.6. The maximum absolute atomic E-state index is 12.0. The number of pyridine rings is 1. The fraction of sp³-hybridized carbons (Fsp3) is 0.278. The number of nitriles is 1. The van der Waals surface area contributed by atoms with Gasteiger partial charge in [-0.3, -0.25) is 0 Å². The lowest BCUT2D eigenvalue weighted by molar-refractivity contribution is 0.237. The van der Waals surface area contributed by atoms with Crippen molar-refractivity contribution in [2.45, 2.75) is 19.5 Å². The summed E-state index contributed by atoms with van der Waals surface area (Å²) in [5.74, 6) is 0.844. The maximum Gasteiger partial charge on any atom is 0.315 e. The average molecular weight is 323 g/mol. The summed E-state index contributed by atoms with van der Waals surface area (Å²) in [6, 6.07) is 14.5. The molecule has 6 heteroatoms. The van der Waals surface area contributed by atoms with Crippen molar-refractivity contribution in [1.82, 2.24) is 15.6 Å². The van der Waals surface area contributed by atoms with Crippen LogP contribution in [0.25, 0.3) is 0 Å². The van der Waals surface area contributed by atoms with Gasteiger partial charge < -0.3 is 15.5 Å². The highest BCUT2D eigenvalue weighted by Crippen LogP contribution is 2.13. The molecule has 124 valence electrons. The zero-order valence-electron chi connectivity index (χ0n) is 14.1. The van der Waals surface area contributed by atoms with Crippen LogP contribution in [0.4, 0.5) is 10.6 Å². The van der Waals surface area contributed by atoms with E-state index in [4.69, 9.17) is 5.26 Å². The molecule has 2 aromatic rings. The number of nitrogens with one attached hydrogen (secondary N) is 2. The summed E-state index contributed by atoms with van der Waals surface area (Å²) in [5.41, 5.74) is 2.25. The number of carbonyl (C=O) groups is 1. The molecule has 0 aliphatic rings. The first-order chi connectivity index (χ1) is 11.5. The summed E-state index contributed by atoms with van der Waals surface area (Å²) in [4.78, 5) is 18.4. The van der Waals surface area contributed by atoms with Gasteiger partial charge in [-0.25, -0.2) is 9.78 Å². The van der Waals surface area contributed by atoms with E-state index in [2.05, 4.69) is 21.7 Å². The largest absolute Gasteiger partial charge is 0.363 e. The second kappa shape index (κ2) is 7.97. The van der Waals surface area contributed by atoms with Crippen molar-refractivity contribution in [1.29, 1.82) is 5.26 Å². The molecular formula is C18H21N5O. The van der Waals surface area contributed by atoms with Crippen LogP contribution in [-0.2, 0) is 6.54 Å². The molecule has 0 aliphatic carbocycles. The van der Waals surface area contributed by atoms with Crippen molar-refractivity contribution < 1.29 is 4.79 Å². The number of anilines is 1. The second-order valence-corrected chi connectivity index (χ2v) is 5.67. The van der Waals surface area contributed by atoms with Gasteiger partial charge in [0.1, 0.15) is 5.82 Å². The van der Waals surface area contributed by atoms with E-state index >= 15 is 0 Å². The fourth-order valence-electron chi connectivity index (χ4n) is 2.19. The van der Waals surface area contributed by atoms with Crippen LogP contribution in [-0.4, -0.2) is 25.1 Å². The van der Waals surface area contributed by atoms with Crippen LogP contribution in [0.2, 0.25) is 0 Å². The molecule has 0 saturated carbocycles. The third-order valence-electron chi connectivity index (χ3n) is 3.54. The molecule has 1 atom stereocenters. The molecule has 2 N–H and O–H groups in total. The van der Waals surface area contributed by atoms with Gasteiger partial charge in [-0.2, -0.15) is 5.26 Å².